The monoisotopic (exact) mass is 348 g/mol. The minimum atomic E-state index is -0.483. The van der Waals surface area contributed by atoms with Crippen LogP contribution in [0.4, 0.5) is 5.69 Å². The molecule has 0 fully saturated rings. The van der Waals surface area contributed by atoms with Gasteiger partial charge < -0.3 is 0 Å². The largest absolute Gasteiger partial charge is 0.272 e. The van der Waals surface area contributed by atoms with E-state index in [4.69, 9.17) is 0 Å². The third-order valence-corrected chi connectivity index (χ3v) is 2.88. The van der Waals surface area contributed by atoms with Crippen molar-refractivity contribution >= 4 is 33.7 Å². The first-order chi connectivity index (χ1) is 10.1. The molecule has 0 saturated carbocycles. The molecule has 1 heterocycles. The Morgan fingerprint density at radius 1 is 1.33 bits per heavy atom. The molecule has 21 heavy (non-hydrogen) atoms. The van der Waals surface area contributed by atoms with Gasteiger partial charge >= 0.3 is 0 Å². The van der Waals surface area contributed by atoms with Crippen molar-refractivity contribution in [3.63, 3.8) is 0 Å². The number of benzene rings is 1. The molecule has 2 rings (SSSR count). The van der Waals surface area contributed by atoms with Crippen LogP contribution in [0.2, 0.25) is 0 Å². The SMILES string of the molecule is O=C(N/N=C/c1ccc([N+](=O)[O-])cc1)c1cncc(Br)c1. The van der Waals surface area contributed by atoms with Gasteiger partial charge in [-0.3, -0.25) is 19.9 Å². The first-order valence-corrected chi connectivity index (χ1v) is 6.54. The van der Waals surface area contributed by atoms with Crippen molar-refractivity contribution in [2.45, 2.75) is 0 Å². The molecule has 106 valence electrons. The van der Waals surface area contributed by atoms with Crippen molar-refractivity contribution in [2.75, 3.05) is 0 Å². The lowest BCUT2D eigenvalue weighted by atomic mass is 10.2. The molecular weight excluding hydrogens is 340 g/mol. The molecule has 0 atom stereocenters. The number of nitro benzene ring substituents is 1. The summed E-state index contributed by atoms with van der Waals surface area (Å²) in [5.41, 5.74) is 3.34. The van der Waals surface area contributed by atoms with Crippen molar-refractivity contribution < 1.29 is 9.72 Å². The van der Waals surface area contributed by atoms with Gasteiger partial charge in [-0.2, -0.15) is 5.10 Å². The quantitative estimate of drug-likeness (QED) is 0.521. The Hall–Kier alpha value is -2.61. The molecule has 0 bridgehead atoms. The van der Waals surface area contributed by atoms with E-state index in [-0.39, 0.29) is 5.69 Å². The van der Waals surface area contributed by atoms with E-state index in [1.54, 1.807) is 12.3 Å². The summed E-state index contributed by atoms with van der Waals surface area (Å²) in [7, 11) is 0. The molecule has 1 aromatic carbocycles. The lowest BCUT2D eigenvalue weighted by Gasteiger charge is -1.99. The second kappa shape index (κ2) is 6.71. The number of pyridine rings is 1. The highest BCUT2D eigenvalue weighted by molar-refractivity contribution is 9.10. The van der Waals surface area contributed by atoms with Crippen LogP contribution in [0.25, 0.3) is 0 Å². The zero-order valence-corrected chi connectivity index (χ0v) is 12.1. The first-order valence-electron chi connectivity index (χ1n) is 5.74. The van der Waals surface area contributed by atoms with E-state index in [1.165, 1.54) is 36.7 Å². The topological polar surface area (TPSA) is 97.5 Å². The maximum absolute atomic E-state index is 11.8. The summed E-state index contributed by atoms with van der Waals surface area (Å²) in [5.74, 6) is -0.401. The molecule has 1 aromatic heterocycles. The van der Waals surface area contributed by atoms with Gasteiger partial charge in [0.2, 0.25) is 0 Å². The standard InChI is InChI=1S/C13H9BrN4O3/c14-11-5-10(7-15-8-11)13(19)17-16-6-9-1-3-12(4-2-9)18(20)21/h1-8H,(H,17,19)/b16-6+. The number of nitrogens with one attached hydrogen (secondary N) is 1. The van der Waals surface area contributed by atoms with Gasteiger partial charge in [0.25, 0.3) is 11.6 Å². The van der Waals surface area contributed by atoms with E-state index in [1.807, 2.05) is 0 Å². The van der Waals surface area contributed by atoms with E-state index >= 15 is 0 Å². The number of rotatable bonds is 4. The summed E-state index contributed by atoms with van der Waals surface area (Å²) < 4.78 is 0.689. The van der Waals surface area contributed by atoms with Crippen LogP contribution < -0.4 is 5.43 Å². The molecule has 0 saturated heterocycles. The number of amides is 1. The molecule has 8 heteroatoms. The molecular formula is C13H9BrN4O3. The molecule has 0 unspecified atom stereocenters. The number of non-ortho nitro benzene ring substituents is 1. The second-order valence-corrected chi connectivity index (χ2v) is 4.86. The summed E-state index contributed by atoms with van der Waals surface area (Å²) in [6, 6.07) is 7.41. The predicted molar refractivity (Wildman–Crippen MR) is 80.1 cm³/mol. The number of carbonyl (C=O) groups excluding carboxylic acids is 1. The third kappa shape index (κ3) is 4.18. The Morgan fingerprint density at radius 2 is 2.05 bits per heavy atom. The fraction of sp³-hybridized carbons (Fsp3) is 0. The van der Waals surface area contributed by atoms with Crippen molar-refractivity contribution in [3.05, 3.63) is 68.4 Å². The van der Waals surface area contributed by atoms with Crippen LogP contribution in [-0.2, 0) is 0 Å². The maximum Gasteiger partial charge on any atom is 0.272 e. The zero-order chi connectivity index (χ0) is 15.2. The van der Waals surface area contributed by atoms with E-state index in [2.05, 4.69) is 31.4 Å². The van der Waals surface area contributed by atoms with Crippen molar-refractivity contribution in [1.29, 1.82) is 0 Å². The van der Waals surface area contributed by atoms with E-state index in [0.29, 0.717) is 15.6 Å². The number of nitro groups is 1. The Bertz CT molecular complexity index is 701. The van der Waals surface area contributed by atoms with Crippen LogP contribution in [0.5, 0.6) is 0 Å². The number of hydrogen-bond acceptors (Lipinski definition) is 5. The second-order valence-electron chi connectivity index (χ2n) is 3.94. The summed E-state index contributed by atoms with van der Waals surface area (Å²) in [6.45, 7) is 0. The van der Waals surface area contributed by atoms with Crippen LogP contribution in [0.15, 0.2) is 52.3 Å². The van der Waals surface area contributed by atoms with Gasteiger partial charge in [-0.05, 0) is 39.7 Å². The molecule has 0 radical (unpaired) electrons. The Labute approximate surface area is 128 Å². The average molecular weight is 349 g/mol. The molecule has 0 aliphatic carbocycles. The minimum Gasteiger partial charge on any atom is -0.267 e. The highest BCUT2D eigenvalue weighted by Crippen LogP contribution is 2.11. The molecule has 0 spiro atoms. The number of aromatic nitrogens is 1. The minimum absolute atomic E-state index is 0.00334. The van der Waals surface area contributed by atoms with Crippen molar-refractivity contribution in [2.24, 2.45) is 5.10 Å². The van der Waals surface area contributed by atoms with Gasteiger partial charge in [0.15, 0.2) is 0 Å². The number of hydrogen-bond donors (Lipinski definition) is 1. The zero-order valence-electron chi connectivity index (χ0n) is 10.6. The predicted octanol–water partition coefficient (Wildman–Crippen LogP) is 2.52. The van der Waals surface area contributed by atoms with Gasteiger partial charge in [0.1, 0.15) is 0 Å². The number of nitrogens with zero attached hydrogens (tertiary/aromatic N) is 3. The smallest absolute Gasteiger partial charge is 0.267 e. The van der Waals surface area contributed by atoms with Crippen LogP contribution in [0, 0.1) is 10.1 Å². The lowest BCUT2D eigenvalue weighted by molar-refractivity contribution is -0.384. The fourth-order valence-electron chi connectivity index (χ4n) is 1.45. The molecule has 1 N–H and O–H groups in total. The van der Waals surface area contributed by atoms with Crippen molar-refractivity contribution in [1.82, 2.24) is 10.4 Å². The van der Waals surface area contributed by atoms with Crippen LogP contribution >= 0.6 is 15.9 Å². The number of halogens is 1. The third-order valence-electron chi connectivity index (χ3n) is 2.45. The number of carbonyl (C=O) groups is 1. The van der Waals surface area contributed by atoms with Gasteiger partial charge in [0, 0.05) is 29.0 Å². The summed E-state index contributed by atoms with van der Waals surface area (Å²) >= 11 is 3.22. The molecule has 0 aliphatic heterocycles. The van der Waals surface area contributed by atoms with Crippen LogP contribution in [0.3, 0.4) is 0 Å². The average Bonchev–Trinajstić information content (AvgIpc) is 2.47. The fourth-order valence-corrected chi connectivity index (χ4v) is 1.81. The first kappa shape index (κ1) is 14.8. The van der Waals surface area contributed by atoms with Gasteiger partial charge in [0.05, 0.1) is 16.7 Å². The normalized spacial score (nSPS) is 10.5. The van der Waals surface area contributed by atoms with Gasteiger partial charge in [-0.1, -0.05) is 0 Å². The Kier molecular flexibility index (Phi) is 4.72. The van der Waals surface area contributed by atoms with Crippen molar-refractivity contribution in [3.8, 4) is 0 Å². The van der Waals surface area contributed by atoms with Crippen LogP contribution in [-0.4, -0.2) is 22.0 Å². The van der Waals surface area contributed by atoms with E-state index < -0.39 is 10.8 Å². The summed E-state index contributed by atoms with van der Waals surface area (Å²) in [4.78, 5) is 25.7. The van der Waals surface area contributed by atoms with Gasteiger partial charge in [-0.25, -0.2) is 5.43 Å². The lowest BCUT2D eigenvalue weighted by Crippen LogP contribution is -2.17. The maximum atomic E-state index is 11.8. The summed E-state index contributed by atoms with van der Waals surface area (Å²) in [6.07, 6.45) is 4.38. The molecule has 2 aromatic rings. The Morgan fingerprint density at radius 3 is 2.67 bits per heavy atom. The van der Waals surface area contributed by atoms with Gasteiger partial charge in [-0.15, -0.1) is 0 Å². The van der Waals surface area contributed by atoms with E-state index in [0.717, 1.165) is 0 Å². The number of hydrazone groups is 1. The highest BCUT2D eigenvalue weighted by atomic mass is 79.9. The molecule has 7 nitrogen and oxygen atoms in total. The summed E-state index contributed by atoms with van der Waals surface area (Å²) in [5, 5.41) is 14.3. The molecule has 1 amide bonds. The Balaban J connectivity index is 1.99. The highest BCUT2D eigenvalue weighted by Gasteiger charge is 2.05. The van der Waals surface area contributed by atoms with Crippen LogP contribution in [0.1, 0.15) is 15.9 Å². The molecule has 0 aliphatic rings. The van der Waals surface area contributed by atoms with E-state index in [9.17, 15) is 14.9 Å².